The molecular weight excluding hydrogens is 165 g/mol. The first-order chi connectivity index (χ1) is 1.41. The van der Waals surface area contributed by atoms with Crippen molar-refractivity contribution in [2.75, 3.05) is 0 Å². The summed E-state index contributed by atoms with van der Waals surface area (Å²) in [5, 5.41) is 0. The molecular formula is Cl2KMn. The van der Waals surface area contributed by atoms with E-state index in [1.165, 1.54) is 0 Å². The van der Waals surface area contributed by atoms with E-state index in [1.807, 2.05) is 0 Å². The Hall–Kier alpha value is 2.74. The van der Waals surface area contributed by atoms with Gasteiger partial charge in [-0.05, 0) is 0 Å². The van der Waals surface area contributed by atoms with Crippen LogP contribution in [-0.2, 0) is 13.1 Å². The minimum absolute atomic E-state index is 0. The Morgan fingerprint density at radius 1 is 1.25 bits per heavy atom. The summed E-state index contributed by atoms with van der Waals surface area (Å²) < 4.78 is 0. The third-order valence-electron chi connectivity index (χ3n) is 0. The molecule has 0 fully saturated rings. The zero-order valence-electron chi connectivity index (χ0n) is 2.13. The first-order valence-corrected chi connectivity index (χ1v) is 3.53. The quantitative estimate of drug-likeness (QED) is 0.469. The summed E-state index contributed by atoms with van der Waals surface area (Å²) in [5.74, 6) is 0. The van der Waals surface area contributed by atoms with E-state index in [-0.39, 0.29) is 64.5 Å². The van der Waals surface area contributed by atoms with Crippen molar-refractivity contribution in [2.45, 2.75) is 0 Å². The molecule has 0 aliphatic rings. The van der Waals surface area contributed by atoms with Crippen molar-refractivity contribution >= 4 is 71.6 Å². The maximum Gasteiger partial charge on any atom is 0 e. The fourth-order valence-corrected chi connectivity index (χ4v) is 0. The minimum atomic E-state index is 0. The van der Waals surface area contributed by atoms with Crippen LogP contribution in [0.25, 0.3) is 0 Å². The second-order valence-electron chi connectivity index (χ2n) is 0.0540. The van der Waals surface area contributed by atoms with Gasteiger partial charge in [0.2, 0.25) is 0 Å². The molecule has 0 aromatic carbocycles. The fraction of sp³-hybridized carbons (Fsp3) is 0. The van der Waals surface area contributed by atoms with Crippen LogP contribution in [0.1, 0.15) is 0 Å². The van der Waals surface area contributed by atoms with Crippen molar-refractivity contribution in [3.05, 3.63) is 0 Å². The van der Waals surface area contributed by atoms with E-state index in [0.29, 0.717) is 0 Å². The second-order valence-corrected chi connectivity index (χ2v) is 2.00. The molecule has 0 spiro atoms. The summed E-state index contributed by atoms with van der Waals surface area (Å²) in [6, 6.07) is 0. The van der Waals surface area contributed by atoms with Crippen molar-refractivity contribution < 1.29 is 13.1 Å². The Bertz CT molecular complexity index is 6.00. The largest absolute Gasteiger partial charge is 0 e. The fourth-order valence-electron chi connectivity index (χ4n) is 0. The van der Waals surface area contributed by atoms with Crippen LogP contribution in [0.3, 0.4) is 0 Å². The number of rotatable bonds is 0. The molecule has 0 heterocycles. The van der Waals surface area contributed by atoms with Gasteiger partial charge in [-0.15, -0.1) is 0 Å². The van der Waals surface area contributed by atoms with Gasteiger partial charge in [-0.2, -0.15) is 0 Å². The monoisotopic (exact) mass is 164 g/mol. The van der Waals surface area contributed by atoms with Gasteiger partial charge < -0.3 is 0 Å². The van der Waals surface area contributed by atoms with Gasteiger partial charge in [0.25, 0.3) is 0 Å². The van der Waals surface area contributed by atoms with Gasteiger partial charge in [0, 0.05) is 51.4 Å². The summed E-state index contributed by atoms with van der Waals surface area (Å²) in [5.41, 5.74) is 0. The number of hydrogen-bond acceptors (Lipinski definition) is 0. The van der Waals surface area contributed by atoms with Crippen LogP contribution in [0.5, 0.6) is 0 Å². The molecule has 0 nitrogen and oxygen atoms in total. The molecule has 0 aliphatic carbocycles. The summed E-state index contributed by atoms with van der Waals surface area (Å²) >= 11 is 0.00694. The van der Waals surface area contributed by atoms with Gasteiger partial charge in [-0.1, -0.05) is 0 Å². The molecule has 0 N–H and O–H groups in total. The Kier molecular flexibility index (Phi) is 22.8. The maximum absolute atomic E-state index is 4.80. The molecule has 0 atom stereocenters. The molecule has 0 aromatic heterocycles. The van der Waals surface area contributed by atoms with Crippen LogP contribution < -0.4 is 0 Å². The van der Waals surface area contributed by atoms with E-state index in [2.05, 4.69) is 0 Å². The zero-order chi connectivity index (χ0) is 2.71. The van der Waals surface area contributed by atoms with Crippen LogP contribution >= 0.6 is 20.2 Å². The molecule has 0 amide bonds. The SMILES string of the molecule is [Cl][Mn][Cl].[K]. The van der Waals surface area contributed by atoms with Crippen LogP contribution in [-0.4, -0.2) is 51.4 Å². The summed E-state index contributed by atoms with van der Waals surface area (Å²) in [7, 11) is 9.59. The van der Waals surface area contributed by atoms with Gasteiger partial charge in [-0.3, -0.25) is 0 Å². The van der Waals surface area contributed by atoms with Gasteiger partial charge in [0.05, 0.1) is 0 Å². The average Bonchev–Trinajstić information content (AvgIpc) is 0.918. The minimum Gasteiger partial charge on any atom is 0 e. The molecule has 0 saturated heterocycles. The molecule has 0 bridgehead atoms. The molecule has 0 aromatic rings. The van der Waals surface area contributed by atoms with Crippen molar-refractivity contribution in [3.63, 3.8) is 0 Å². The van der Waals surface area contributed by atoms with E-state index >= 15 is 0 Å². The smallest absolute Gasteiger partial charge is 0 e. The molecule has 0 saturated carbocycles. The molecule has 0 aliphatic heterocycles. The number of hydrogen-bond donors (Lipinski definition) is 0. The molecule has 22 valence electrons. The van der Waals surface area contributed by atoms with Crippen molar-refractivity contribution in [3.8, 4) is 0 Å². The standard InChI is InChI=1S/2ClH.K.Mn/h2*1H;;/q;;;+2/p-2. The molecule has 4 heavy (non-hydrogen) atoms. The van der Waals surface area contributed by atoms with E-state index in [4.69, 9.17) is 20.2 Å². The van der Waals surface area contributed by atoms with E-state index < -0.39 is 0 Å². The topological polar surface area (TPSA) is 0 Å². The second kappa shape index (κ2) is 9.22. The third-order valence-corrected chi connectivity index (χ3v) is 0. The predicted molar refractivity (Wildman–Crippen MR) is 17.5 cm³/mol. The maximum atomic E-state index is 4.80. The normalized spacial score (nSPS) is 4.50. The Labute approximate surface area is 82.6 Å². The number of halogens is 2. The van der Waals surface area contributed by atoms with Crippen molar-refractivity contribution in [1.29, 1.82) is 0 Å². The molecule has 4 heteroatoms. The van der Waals surface area contributed by atoms with Crippen LogP contribution in [0, 0.1) is 0 Å². The first kappa shape index (κ1) is 9.88. The van der Waals surface area contributed by atoms with E-state index in [0.717, 1.165) is 0 Å². The summed E-state index contributed by atoms with van der Waals surface area (Å²) in [4.78, 5) is 0. The van der Waals surface area contributed by atoms with Crippen molar-refractivity contribution in [1.82, 2.24) is 0 Å². The average molecular weight is 165 g/mol. The van der Waals surface area contributed by atoms with E-state index in [9.17, 15) is 0 Å². The van der Waals surface area contributed by atoms with Crippen molar-refractivity contribution in [2.24, 2.45) is 0 Å². The molecule has 1 radical (unpaired) electrons. The predicted octanol–water partition coefficient (Wildman–Crippen LogP) is 0.996. The van der Waals surface area contributed by atoms with Gasteiger partial charge >= 0.3 is 33.3 Å². The van der Waals surface area contributed by atoms with E-state index in [1.54, 1.807) is 0 Å². The van der Waals surface area contributed by atoms with Gasteiger partial charge in [0.15, 0.2) is 0 Å². The van der Waals surface area contributed by atoms with Gasteiger partial charge in [0.1, 0.15) is 0 Å². The van der Waals surface area contributed by atoms with Crippen LogP contribution in [0.15, 0.2) is 0 Å². The molecule has 0 unspecified atom stereocenters. The summed E-state index contributed by atoms with van der Waals surface area (Å²) in [6.45, 7) is 0. The third kappa shape index (κ3) is 8.83. The van der Waals surface area contributed by atoms with Crippen LogP contribution in [0.2, 0.25) is 0 Å². The summed E-state index contributed by atoms with van der Waals surface area (Å²) in [6.07, 6.45) is 0. The van der Waals surface area contributed by atoms with Crippen LogP contribution in [0.4, 0.5) is 0 Å². The zero-order valence-corrected chi connectivity index (χ0v) is 7.95. The Balaban J connectivity index is 0. The van der Waals surface area contributed by atoms with Gasteiger partial charge in [-0.25, -0.2) is 0 Å². The Morgan fingerprint density at radius 2 is 1.25 bits per heavy atom. The molecule has 0 rings (SSSR count). The Morgan fingerprint density at radius 3 is 1.25 bits per heavy atom. The first-order valence-electron chi connectivity index (χ1n) is 0.286.